The molecule has 78 valence electrons. The Labute approximate surface area is 88.5 Å². The van der Waals surface area contributed by atoms with Gasteiger partial charge in [-0.25, -0.2) is 4.39 Å². The third kappa shape index (κ3) is 2.07. The highest BCUT2D eigenvalue weighted by Gasteiger charge is 2.21. The molecule has 14 heavy (non-hydrogen) atoms. The summed E-state index contributed by atoms with van der Waals surface area (Å²) in [7, 11) is 0. The zero-order chi connectivity index (χ0) is 10.9. The summed E-state index contributed by atoms with van der Waals surface area (Å²) < 4.78 is 13.3. The number of benzene rings is 1. The van der Waals surface area contributed by atoms with Crippen molar-refractivity contribution in [3.63, 3.8) is 0 Å². The summed E-state index contributed by atoms with van der Waals surface area (Å²) in [5.41, 5.74) is 0.704. The lowest BCUT2D eigenvalue weighted by molar-refractivity contribution is 0.218. The van der Waals surface area contributed by atoms with Gasteiger partial charge in [-0.15, -0.1) is 0 Å². The molecule has 0 aliphatic rings. The minimum Gasteiger partial charge on any atom is -0.395 e. The molecule has 0 amide bonds. The Morgan fingerprint density at radius 1 is 1.43 bits per heavy atom. The molecule has 0 unspecified atom stereocenters. The largest absolute Gasteiger partial charge is 0.395 e. The van der Waals surface area contributed by atoms with E-state index in [0.29, 0.717) is 16.1 Å². The monoisotopic (exact) mass is 216 g/mol. The zero-order valence-corrected chi connectivity index (χ0v) is 9.32. The summed E-state index contributed by atoms with van der Waals surface area (Å²) in [6, 6.07) is 3.13. The van der Waals surface area contributed by atoms with Crippen molar-refractivity contribution < 1.29 is 9.50 Å². The molecule has 0 saturated heterocycles. The summed E-state index contributed by atoms with van der Waals surface area (Å²) in [5.74, 6) is -0.325. The van der Waals surface area contributed by atoms with Gasteiger partial charge in [0.2, 0.25) is 0 Å². The van der Waals surface area contributed by atoms with E-state index in [9.17, 15) is 4.39 Å². The van der Waals surface area contributed by atoms with Gasteiger partial charge in [0.1, 0.15) is 5.82 Å². The van der Waals surface area contributed by atoms with Gasteiger partial charge < -0.3 is 5.11 Å². The van der Waals surface area contributed by atoms with Crippen LogP contribution in [0.3, 0.4) is 0 Å². The Kier molecular flexibility index (Phi) is 3.17. The molecule has 1 nitrogen and oxygen atoms in total. The lowest BCUT2D eigenvalue weighted by Crippen LogP contribution is -2.22. The van der Waals surface area contributed by atoms with Gasteiger partial charge in [-0.2, -0.15) is 0 Å². The molecule has 0 bridgehead atoms. The van der Waals surface area contributed by atoms with Crippen molar-refractivity contribution in [2.75, 3.05) is 6.61 Å². The molecule has 0 aliphatic heterocycles. The topological polar surface area (TPSA) is 20.2 Å². The van der Waals surface area contributed by atoms with Crippen LogP contribution in [0.2, 0.25) is 5.02 Å². The van der Waals surface area contributed by atoms with Crippen molar-refractivity contribution in [3.05, 3.63) is 34.1 Å². The predicted octanol–water partition coefficient (Wildman–Crippen LogP) is 3.06. The highest BCUT2D eigenvalue weighted by atomic mass is 35.5. The van der Waals surface area contributed by atoms with Crippen molar-refractivity contribution in [3.8, 4) is 0 Å². The molecular formula is C11H14ClFO. The van der Waals surface area contributed by atoms with Gasteiger partial charge in [0.25, 0.3) is 0 Å². The van der Waals surface area contributed by atoms with Crippen LogP contribution >= 0.6 is 11.6 Å². The molecule has 0 aromatic heterocycles. The number of halogens is 2. The molecule has 0 heterocycles. The van der Waals surface area contributed by atoms with Gasteiger partial charge in [-0.1, -0.05) is 25.4 Å². The third-order valence-corrected chi connectivity index (χ3v) is 2.85. The van der Waals surface area contributed by atoms with Crippen molar-refractivity contribution in [2.45, 2.75) is 26.2 Å². The number of hydrogen-bond donors (Lipinski definition) is 1. The SMILES string of the molecule is Cc1c(F)cc(C(C)(C)CO)cc1Cl. The predicted molar refractivity (Wildman–Crippen MR) is 56.3 cm³/mol. The fourth-order valence-electron chi connectivity index (χ4n) is 1.13. The first-order valence-corrected chi connectivity index (χ1v) is 4.83. The van der Waals surface area contributed by atoms with Gasteiger partial charge in [0.15, 0.2) is 0 Å². The summed E-state index contributed by atoms with van der Waals surface area (Å²) in [6.07, 6.45) is 0. The van der Waals surface area contributed by atoms with E-state index >= 15 is 0 Å². The fourth-order valence-corrected chi connectivity index (χ4v) is 1.34. The number of hydrogen-bond acceptors (Lipinski definition) is 1. The Balaban J connectivity index is 3.26. The van der Waals surface area contributed by atoms with Gasteiger partial charge in [0.05, 0.1) is 6.61 Å². The molecule has 0 aliphatic carbocycles. The lowest BCUT2D eigenvalue weighted by atomic mass is 9.85. The van der Waals surface area contributed by atoms with Gasteiger partial charge in [-0.05, 0) is 24.6 Å². The highest BCUT2D eigenvalue weighted by molar-refractivity contribution is 6.31. The van der Waals surface area contributed by atoms with Crippen LogP contribution in [-0.2, 0) is 5.41 Å². The van der Waals surface area contributed by atoms with Crippen LogP contribution in [0.4, 0.5) is 4.39 Å². The molecule has 1 N–H and O–H groups in total. The van der Waals surface area contributed by atoms with E-state index in [1.54, 1.807) is 13.0 Å². The summed E-state index contributed by atoms with van der Waals surface area (Å²) >= 11 is 5.86. The maximum atomic E-state index is 13.3. The first-order valence-electron chi connectivity index (χ1n) is 4.45. The third-order valence-electron chi connectivity index (χ3n) is 2.46. The van der Waals surface area contributed by atoms with Crippen LogP contribution < -0.4 is 0 Å². The van der Waals surface area contributed by atoms with Crippen LogP contribution in [0.5, 0.6) is 0 Å². The standard InChI is InChI=1S/C11H14ClFO/c1-7-9(12)4-8(5-10(7)13)11(2,3)6-14/h4-5,14H,6H2,1-3H3. The quantitative estimate of drug-likeness (QED) is 0.806. The lowest BCUT2D eigenvalue weighted by Gasteiger charge is -2.23. The van der Waals surface area contributed by atoms with Crippen molar-refractivity contribution in [1.82, 2.24) is 0 Å². The Morgan fingerprint density at radius 2 is 2.00 bits per heavy atom. The molecule has 0 radical (unpaired) electrons. The van der Waals surface area contributed by atoms with Crippen LogP contribution in [0.15, 0.2) is 12.1 Å². The maximum absolute atomic E-state index is 13.3. The van der Waals surface area contributed by atoms with E-state index in [0.717, 1.165) is 0 Å². The number of aliphatic hydroxyl groups is 1. The number of aliphatic hydroxyl groups excluding tert-OH is 1. The van der Waals surface area contributed by atoms with E-state index in [2.05, 4.69) is 0 Å². The van der Waals surface area contributed by atoms with Crippen LogP contribution in [0.25, 0.3) is 0 Å². The minimum absolute atomic E-state index is 0.0359. The van der Waals surface area contributed by atoms with Crippen LogP contribution in [0, 0.1) is 12.7 Å². The second-order valence-electron chi connectivity index (χ2n) is 4.11. The molecule has 0 saturated carbocycles. The summed E-state index contributed by atoms with van der Waals surface area (Å²) in [5, 5.41) is 9.54. The first-order chi connectivity index (χ1) is 6.38. The van der Waals surface area contributed by atoms with Gasteiger partial charge >= 0.3 is 0 Å². The van der Waals surface area contributed by atoms with E-state index in [1.807, 2.05) is 13.8 Å². The summed E-state index contributed by atoms with van der Waals surface area (Å²) in [4.78, 5) is 0. The molecule has 1 aromatic rings. The molecular weight excluding hydrogens is 203 g/mol. The zero-order valence-electron chi connectivity index (χ0n) is 8.56. The van der Waals surface area contributed by atoms with Crippen LogP contribution in [-0.4, -0.2) is 11.7 Å². The van der Waals surface area contributed by atoms with Crippen molar-refractivity contribution >= 4 is 11.6 Å². The Bertz CT molecular complexity index is 324. The van der Waals surface area contributed by atoms with Crippen molar-refractivity contribution in [1.29, 1.82) is 0 Å². The van der Waals surface area contributed by atoms with E-state index in [4.69, 9.17) is 16.7 Å². The van der Waals surface area contributed by atoms with E-state index in [-0.39, 0.29) is 12.4 Å². The molecule has 0 fully saturated rings. The molecule has 0 spiro atoms. The Morgan fingerprint density at radius 3 is 2.43 bits per heavy atom. The average Bonchev–Trinajstić information content (AvgIpc) is 2.13. The molecule has 3 heteroatoms. The smallest absolute Gasteiger partial charge is 0.127 e. The summed E-state index contributed by atoms with van der Waals surface area (Å²) in [6.45, 7) is 5.28. The highest BCUT2D eigenvalue weighted by Crippen LogP contribution is 2.28. The number of rotatable bonds is 2. The van der Waals surface area contributed by atoms with Crippen LogP contribution in [0.1, 0.15) is 25.0 Å². The average molecular weight is 217 g/mol. The second kappa shape index (κ2) is 3.87. The van der Waals surface area contributed by atoms with Gasteiger partial charge in [0, 0.05) is 16.0 Å². The maximum Gasteiger partial charge on any atom is 0.127 e. The molecule has 1 aromatic carbocycles. The second-order valence-corrected chi connectivity index (χ2v) is 4.51. The fraction of sp³-hybridized carbons (Fsp3) is 0.455. The van der Waals surface area contributed by atoms with E-state index < -0.39 is 5.41 Å². The molecule has 0 atom stereocenters. The molecule has 1 rings (SSSR count). The minimum atomic E-state index is -0.460. The Hall–Kier alpha value is -0.600. The van der Waals surface area contributed by atoms with Crippen molar-refractivity contribution in [2.24, 2.45) is 0 Å². The normalized spacial score (nSPS) is 11.9. The first kappa shape index (κ1) is 11.5. The van der Waals surface area contributed by atoms with E-state index in [1.165, 1.54) is 6.07 Å². The van der Waals surface area contributed by atoms with Gasteiger partial charge in [-0.3, -0.25) is 0 Å².